The van der Waals surface area contributed by atoms with E-state index in [0.717, 1.165) is 0 Å². The molecule has 5 nitrogen and oxygen atoms in total. The molecule has 0 saturated carbocycles. The smallest absolute Gasteiger partial charge is 0.314 e. The minimum absolute atomic E-state index is 0.0538. The van der Waals surface area contributed by atoms with Crippen molar-refractivity contribution in [2.75, 3.05) is 6.61 Å². The number of esters is 2. The zero-order valence-electron chi connectivity index (χ0n) is 12.4. The first-order valence-corrected chi connectivity index (χ1v) is 6.62. The fraction of sp³-hybridized carbons (Fsp3) is 0.533. The largest absolute Gasteiger partial charge is 0.466 e. The van der Waals surface area contributed by atoms with E-state index in [1.807, 2.05) is 0 Å². The summed E-state index contributed by atoms with van der Waals surface area (Å²) >= 11 is 0. The molecule has 0 aliphatic rings. The van der Waals surface area contributed by atoms with Crippen LogP contribution in [0.15, 0.2) is 24.5 Å². The van der Waals surface area contributed by atoms with Gasteiger partial charge in [-0.15, -0.1) is 0 Å². The molecule has 0 aromatic carbocycles. The molecular weight excluding hydrogens is 258 g/mol. The Balaban J connectivity index is 2.84. The van der Waals surface area contributed by atoms with E-state index in [0.29, 0.717) is 5.56 Å². The molecule has 1 aromatic rings. The SMILES string of the molecule is CCOC(=O)C(CC(=O)OC(C)(C)C)c1cccnc1. The molecule has 0 amide bonds. The van der Waals surface area contributed by atoms with Crippen LogP contribution >= 0.6 is 0 Å². The second kappa shape index (κ2) is 7.03. The van der Waals surface area contributed by atoms with Crippen molar-refractivity contribution in [1.82, 2.24) is 4.98 Å². The third-order valence-corrected chi connectivity index (χ3v) is 2.45. The average molecular weight is 279 g/mol. The highest BCUT2D eigenvalue weighted by Gasteiger charge is 2.28. The minimum Gasteiger partial charge on any atom is -0.466 e. The zero-order chi connectivity index (χ0) is 15.2. The Bertz CT molecular complexity index is 451. The highest BCUT2D eigenvalue weighted by Crippen LogP contribution is 2.22. The van der Waals surface area contributed by atoms with Crippen molar-refractivity contribution in [2.45, 2.75) is 45.6 Å². The number of nitrogens with zero attached hydrogens (tertiary/aromatic N) is 1. The predicted octanol–water partition coefficient (Wildman–Crippen LogP) is 2.46. The lowest BCUT2D eigenvalue weighted by molar-refractivity contribution is -0.159. The summed E-state index contributed by atoms with van der Waals surface area (Å²) in [4.78, 5) is 27.9. The van der Waals surface area contributed by atoms with Gasteiger partial charge in [0.15, 0.2) is 0 Å². The third kappa shape index (κ3) is 5.38. The fourth-order valence-electron chi connectivity index (χ4n) is 1.71. The van der Waals surface area contributed by atoms with Gasteiger partial charge in [0.25, 0.3) is 0 Å². The van der Waals surface area contributed by atoms with E-state index in [1.54, 1.807) is 52.2 Å². The van der Waals surface area contributed by atoms with Crippen LogP contribution < -0.4 is 0 Å². The number of aromatic nitrogens is 1. The molecule has 0 spiro atoms. The molecule has 1 aromatic heterocycles. The highest BCUT2D eigenvalue weighted by molar-refractivity contribution is 5.84. The molecule has 0 N–H and O–H groups in total. The van der Waals surface area contributed by atoms with Gasteiger partial charge in [0.2, 0.25) is 0 Å². The average Bonchev–Trinajstić information content (AvgIpc) is 2.35. The van der Waals surface area contributed by atoms with Gasteiger partial charge >= 0.3 is 11.9 Å². The molecule has 0 radical (unpaired) electrons. The van der Waals surface area contributed by atoms with Crippen LogP contribution in [0.5, 0.6) is 0 Å². The van der Waals surface area contributed by atoms with E-state index in [4.69, 9.17) is 9.47 Å². The first-order chi connectivity index (χ1) is 9.33. The van der Waals surface area contributed by atoms with Crippen molar-refractivity contribution in [1.29, 1.82) is 0 Å². The quantitative estimate of drug-likeness (QED) is 0.775. The number of pyridine rings is 1. The summed E-state index contributed by atoms with van der Waals surface area (Å²) in [7, 11) is 0. The van der Waals surface area contributed by atoms with Crippen molar-refractivity contribution >= 4 is 11.9 Å². The van der Waals surface area contributed by atoms with Gasteiger partial charge in [0, 0.05) is 12.4 Å². The van der Waals surface area contributed by atoms with Crippen LogP contribution in [-0.4, -0.2) is 29.1 Å². The summed E-state index contributed by atoms with van der Waals surface area (Å²) in [6, 6.07) is 3.47. The number of carbonyl (C=O) groups is 2. The Hall–Kier alpha value is -1.91. The Morgan fingerprint density at radius 2 is 2.05 bits per heavy atom. The molecule has 0 saturated heterocycles. The van der Waals surface area contributed by atoms with Gasteiger partial charge in [-0.05, 0) is 39.3 Å². The van der Waals surface area contributed by atoms with Crippen LogP contribution in [-0.2, 0) is 19.1 Å². The Labute approximate surface area is 119 Å². The maximum absolute atomic E-state index is 12.0. The number of ether oxygens (including phenoxy) is 2. The van der Waals surface area contributed by atoms with Crippen LogP contribution in [0.3, 0.4) is 0 Å². The maximum Gasteiger partial charge on any atom is 0.314 e. The van der Waals surface area contributed by atoms with E-state index in [1.165, 1.54) is 0 Å². The van der Waals surface area contributed by atoms with E-state index in [2.05, 4.69) is 4.98 Å². The molecule has 1 atom stereocenters. The van der Waals surface area contributed by atoms with E-state index < -0.39 is 23.5 Å². The van der Waals surface area contributed by atoms with Gasteiger partial charge in [-0.2, -0.15) is 0 Å². The first kappa shape index (κ1) is 16.1. The molecule has 1 rings (SSSR count). The molecule has 110 valence electrons. The summed E-state index contributed by atoms with van der Waals surface area (Å²) < 4.78 is 10.3. The molecule has 1 heterocycles. The number of carbonyl (C=O) groups excluding carboxylic acids is 2. The summed E-state index contributed by atoms with van der Waals surface area (Å²) in [6.45, 7) is 7.35. The summed E-state index contributed by atoms with van der Waals surface area (Å²) in [5, 5.41) is 0. The number of hydrogen-bond acceptors (Lipinski definition) is 5. The minimum atomic E-state index is -0.682. The highest BCUT2D eigenvalue weighted by atomic mass is 16.6. The molecular formula is C15H21NO4. The molecule has 5 heteroatoms. The van der Waals surface area contributed by atoms with Crippen molar-refractivity contribution in [3.63, 3.8) is 0 Å². The molecule has 0 fully saturated rings. The van der Waals surface area contributed by atoms with Gasteiger partial charge in [-0.3, -0.25) is 14.6 Å². The topological polar surface area (TPSA) is 65.5 Å². The first-order valence-electron chi connectivity index (χ1n) is 6.62. The van der Waals surface area contributed by atoms with E-state index in [9.17, 15) is 9.59 Å². The molecule has 0 aliphatic carbocycles. The number of rotatable bonds is 5. The van der Waals surface area contributed by atoms with Crippen LogP contribution in [0, 0.1) is 0 Å². The second-order valence-corrected chi connectivity index (χ2v) is 5.38. The van der Waals surface area contributed by atoms with Crippen LogP contribution in [0.25, 0.3) is 0 Å². The monoisotopic (exact) mass is 279 g/mol. The fourth-order valence-corrected chi connectivity index (χ4v) is 1.71. The molecule has 1 unspecified atom stereocenters. The van der Waals surface area contributed by atoms with Gasteiger partial charge in [0.05, 0.1) is 18.9 Å². The van der Waals surface area contributed by atoms with Gasteiger partial charge in [-0.1, -0.05) is 6.07 Å². The van der Waals surface area contributed by atoms with Crippen molar-refractivity contribution in [2.24, 2.45) is 0 Å². The van der Waals surface area contributed by atoms with Crippen LogP contribution in [0.2, 0.25) is 0 Å². The van der Waals surface area contributed by atoms with E-state index >= 15 is 0 Å². The third-order valence-electron chi connectivity index (χ3n) is 2.45. The van der Waals surface area contributed by atoms with Gasteiger partial charge < -0.3 is 9.47 Å². The Morgan fingerprint density at radius 3 is 2.55 bits per heavy atom. The van der Waals surface area contributed by atoms with Gasteiger partial charge in [-0.25, -0.2) is 0 Å². The Kier molecular flexibility index (Phi) is 5.67. The van der Waals surface area contributed by atoms with Crippen LogP contribution in [0.4, 0.5) is 0 Å². The normalized spacial score (nSPS) is 12.6. The van der Waals surface area contributed by atoms with Crippen LogP contribution in [0.1, 0.15) is 45.6 Å². The lowest BCUT2D eigenvalue weighted by Gasteiger charge is -2.21. The second-order valence-electron chi connectivity index (χ2n) is 5.38. The maximum atomic E-state index is 12.0. The summed E-state index contributed by atoms with van der Waals surface area (Å²) in [5.41, 5.74) is 0.0717. The number of hydrogen-bond donors (Lipinski definition) is 0. The van der Waals surface area contributed by atoms with Crippen molar-refractivity contribution in [3.05, 3.63) is 30.1 Å². The van der Waals surface area contributed by atoms with Crippen molar-refractivity contribution in [3.8, 4) is 0 Å². The van der Waals surface area contributed by atoms with E-state index in [-0.39, 0.29) is 13.0 Å². The predicted molar refractivity (Wildman–Crippen MR) is 74.1 cm³/mol. The summed E-state index contributed by atoms with van der Waals surface area (Å²) in [5.74, 6) is -1.55. The standard InChI is InChI=1S/C15H21NO4/c1-5-19-14(18)12(11-7-6-8-16-10-11)9-13(17)20-15(2,3)4/h6-8,10,12H,5,9H2,1-4H3. The van der Waals surface area contributed by atoms with Crippen molar-refractivity contribution < 1.29 is 19.1 Å². The Morgan fingerprint density at radius 1 is 1.35 bits per heavy atom. The molecule has 20 heavy (non-hydrogen) atoms. The van der Waals surface area contributed by atoms with Gasteiger partial charge in [0.1, 0.15) is 5.60 Å². The summed E-state index contributed by atoms with van der Waals surface area (Å²) in [6.07, 6.45) is 3.12. The lowest BCUT2D eigenvalue weighted by Crippen LogP contribution is -2.27. The zero-order valence-corrected chi connectivity index (χ0v) is 12.4. The molecule has 0 aliphatic heterocycles. The molecule has 0 bridgehead atoms. The lowest BCUT2D eigenvalue weighted by atomic mass is 9.97.